The molecule has 0 saturated carbocycles. The highest BCUT2D eigenvalue weighted by molar-refractivity contribution is 5.97. The van der Waals surface area contributed by atoms with Crippen LogP contribution in [0.3, 0.4) is 0 Å². The van der Waals surface area contributed by atoms with Crippen LogP contribution in [-0.2, 0) is 4.74 Å². The van der Waals surface area contributed by atoms with Gasteiger partial charge in [0, 0.05) is 32.5 Å². The van der Waals surface area contributed by atoms with Crippen LogP contribution >= 0.6 is 0 Å². The first-order chi connectivity index (χ1) is 9.61. The van der Waals surface area contributed by atoms with Gasteiger partial charge in [-0.25, -0.2) is 0 Å². The van der Waals surface area contributed by atoms with Crippen molar-refractivity contribution in [2.45, 2.75) is 12.8 Å². The van der Waals surface area contributed by atoms with Crippen molar-refractivity contribution < 1.29 is 14.3 Å². The van der Waals surface area contributed by atoms with Crippen LogP contribution in [0.2, 0.25) is 0 Å². The van der Waals surface area contributed by atoms with E-state index >= 15 is 0 Å². The van der Waals surface area contributed by atoms with E-state index in [0.29, 0.717) is 22.9 Å². The Labute approximate surface area is 119 Å². The molecule has 0 atom stereocenters. The van der Waals surface area contributed by atoms with Crippen molar-refractivity contribution in [3.05, 3.63) is 23.8 Å². The van der Waals surface area contributed by atoms with E-state index in [9.17, 15) is 4.79 Å². The Balaban J connectivity index is 2.07. The summed E-state index contributed by atoms with van der Waals surface area (Å²) in [6.45, 7) is 2.31. The molecule has 1 aromatic carbocycles. The second kappa shape index (κ2) is 6.61. The van der Waals surface area contributed by atoms with Crippen molar-refractivity contribution in [3.8, 4) is 5.75 Å². The van der Waals surface area contributed by atoms with Gasteiger partial charge in [-0.15, -0.1) is 0 Å². The monoisotopic (exact) mass is 278 g/mol. The molecular formula is C15H22N2O3. The van der Waals surface area contributed by atoms with Crippen molar-refractivity contribution in [3.63, 3.8) is 0 Å². The zero-order valence-corrected chi connectivity index (χ0v) is 12.1. The predicted octanol–water partition coefficient (Wildman–Crippen LogP) is 1.78. The van der Waals surface area contributed by atoms with Crippen LogP contribution in [0.5, 0.6) is 5.75 Å². The SMILES string of the molecule is COc1ccc(N)cc1C(=O)N(C)CC1CCOCC1. The fourth-order valence-electron chi connectivity index (χ4n) is 2.50. The zero-order valence-electron chi connectivity index (χ0n) is 12.1. The number of ether oxygens (including phenoxy) is 2. The molecule has 0 radical (unpaired) electrons. The third-order valence-electron chi connectivity index (χ3n) is 3.67. The summed E-state index contributed by atoms with van der Waals surface area (Å²) in [6.07, 6.45) is 2.01. The standard InChI is InChI=1S/C15H22N2O3/c1-17(10-11-5-7-20-8-6-11)15(18)13-9-12(16)3-4-14(13)19-2/h3-4,9,11H,5-8,10,16H2,1-2H3. The number of methoxy groups -OCH3 is 1. The highest BCUT2D eigenvalue weighted by Gasteiger charge is 2.21. The molecule has 1 saturated heterocycles. The van der Waals surface area contributed by atoms with Gasteiger partial charge in [0.05, 0.1) is 12.7 Å². The molecule has 2 rings (SSSR count). The number of nitrogens with two attached hydrogens (primary N) is 1. The van der Waals surface area contributed by atoms with Gasteiger partial charge in [0.1, 0.15) is 5.75 Å². The number of hydrogen-bond donors (Lipinski definition) is 1. The zero-order chi connectivity index (χ0) is 14.5. The minimum Gasteiger partial charge on any atom is -0.496 e. The van der Waals surface area contributed by atoms with E-state index < -0.39 is 0 Å². The predicted molar refractivity (Wildman–Crippen MR) is 77.9 cm³/mol. The van der Waals surface area contributed by atoms with Gasteiger partial charge in [0.15, 0.2) is 0 Å². The summed E-state index contributed by atoms with van der Waals surface area (Å²) in [5.74, 6) is 1.01. The molecule has 1 aliphatic heterocycles. The number of carbonyl (C=O) groups excluding carboxylic acids is 1. The largest absolute Gasteiger partial charge is 0.496 e. The molecule has 1 heterocycles. The molecule has 1 fully saturated rings. The van der Waals surface area contributed by atoms with Crippen LogP contribution in [-0.4, -0.2) is 44.7 Å². The Kier molecular flexibility index (Phi) is 4.84. The van der Waals surface area contributed by atoms with Crippen LogP contribution in [0.15, 0.2) is 18.2 Å². The van der Waals surface area contributed by atoms with E-state index in [1.807, 2.05) is 7.05 Å². The first kappa shape index (κ1) is 14.7. The summed E-state index contributed by atoms with van der Waals surface area (Å²) in [4.78, 5) is 14.3. The summed E-state index contributed by atoms with van der Waals surface area (Å²) in [7, 11) is 3.38. The van der Waals surface area contributed by atoms with Gasteiger partial charge in [0.25, 0.3) is 5.91 Å². The molecule has 5 heteroatoms. The van der Waals surface area contributed by atoms with Crippen molar-refractivity contribution >= 4 is 11.6 Å². The number of amides is 1. The van der Waals surface area contributed by atoms with Crippen molar-refractivity contribution in [1.82, 2.24) is 4.90 Å². The second-order valence-electron chi connectivity index (χ2n) is 5.20. The van der Waals surface area contributed by atoms with Crippen LogP contribution in [0.25, 0.3) is 0 Å². The number of benzene rings is 1. The van der Waals surface area contributed by atoms with Crippen molar-refractivity contribution in [2.24, 2.45) is 5.92 Å². The van der Waals surface area contributed by atoms with Crippen molar-refractivity contribution in [2.75, 3.05) is 39.6 Å². The lowest BCUT2D eigenvalue weighted by Gasteiger charge is -2.27. The normalized spacial score (nSPS) is 15.9. The maximum Gasteiger partial charge on any atom is 0.257 e. The lowest BCUT2D eigenvalue weighted by atomic mass is 9.99. The average Bonchev–Trinajstić information content (AvgIpc) is 2.47. The molecule has 110 valence electrons. The molecule has 0 aliphatic carbocycles. The van der Waals surface area contributed by atoms with E-state index in [2.05, 4.69) is 0 Å². The number of hydrogen-bond acceptors (Lipinski definition) is 4. The van der Waals surface area contributed by atoms with Crippen LogP contribution in [0, 0.1) is 5.92 Å². The lowest BCUT2D eigenvalue weighted by molar-refractivity contribution is 0.0496. The average molecular weight is 278 g/mol. The van der Waals surface area contributed by atoms with Crippen molar-refractivity contribution in [1.29, 1.82) is 0 Å². The van der Waals surface area contributed by atoms with Gasteiger partial charge < -0.3 is 20.1 Å². The molecule has 1 aliphatic rings. The fourth-order valence-corrected chi connectivity index (χ4v) is 2.50. The Hall–Kier alpha value is -1.75. The minimum absolute atomic E-state index is 0.0550. The number of carbonyl (C=O) groups is 1. The van der Waals surface area contributed by atoms with Gasteiger partial charge in [-0.1, -0.05) is 0 Å². The minimum atomic E-state index is -0.0550. The first-order valence-corrected chi connectivity index (χ1v) is 6.88. The highest BCUT2D eigenvalue weighted by atomic mass is 16.5. The molecule has 20 heavy (non-hydrogen) atoms. The molecular weight excluding hydrogens is 256 g/mol. The molecule has 1 amide bonds. The molecule has 0 bridgehead atoms. The van der Waals surface area contributed by atoms with Crippen LogP contribution in [0.1, 0.15) is 23.2 Å². The summed E-state index contributed by atoms with van der Waals surface area (Å²) < 4.78 is 10.6. The van der Waals surface area contributed by atoms with Gasteiger partial charge in [-0.05, 0) is 37.0 Å². The second-order valence-corrected chi connectivity index (χ2v) is 5.20. The lowest BCUT2D eigenvalue weighted by Crippen LogP contribution is -2.34. The van der Waals surface area contributed by atoms with E-state index in [-0.39, 0.29) is 5.91 Å². The third kappa shape index (κ3) is 3.42. The van der Waals surface area contributed by atoms with Gasteiger partial charge in [-0.2, -0.15) is 0 Å². The Morgan fingerprint density at radius 3 is 2.80 bits per heavy atom. The fraction of sp³-hybridized carbons (Fsp3) is 0.533. The summed E-state index contributed by atoms with van der Waals surface area (Å²) in [6, 6.07) is 5.13. The maximum atomic E-state index is 12.5. The Morgan fingerprint density at radius 2 is 2.15 bits per heavy atom. The van der Waals surface area contributed by atoms with Gasteiger partial charge >= 0.3 is 0 Å². The molecule has 1 aromatic rings. The van der Waals surface area contributed by atoms with Gasteiger partial charge in [-0.3, -0.25) is 4.79 Å². The number of nitrogen functional groups attached to an aromatic ring is 1. The van der Waals surface area contributed by atoms with Gasteiger partial charge in [0.2, 0.25) is 0 Å². The number of nitrogens with zero attached hydrogens (tertiary/aromatic N) is 1. The first-order valence-electron chi connectivity index (χ1n) is 6.88. The van der Waals surface area contributed by atoms with E-state index in [1.54, 1.807) is 30.2 Å². The molecule has 0 spiro atoms. The van der Waals surface area contributed by atoms with E-state index in [0.717, 1.165) is 32.6 Å². The third-order valence-corrected chi connectivity index (χ3v) is 3.67. The van der Waals surface area contributed by atoms with E-state index in [4.69, 9.17) is 15.2 Å². The Morgan fingerprint density at radius 1 is 1.45 bits per heavy atom. The van der Waals surface area contributed by atoms with Crippen LogP contribution < -0.4 is 10.5 Å². The molecule has 2 N–H and O–H groups in total. The summed E-state index contributed by atoms with van der Waals surface area (Å²) in [5.41, 5.74) is 6.84. The highest BCUT2D eigenvalue weighted by Crippen LogP contribution is 2.23. The molecule has 0 unspecified atom stereocenters. The smallest absolute Gasteiger partial charge is 0.257 e. The number of rotatable bonds is 4. The summed E-state index contributed by atoms with van der Waals surface area (Å²) >= 11 is 0. The maximum absolute atomic E-state index is 12.5. The summed E-state index contributed by atoms with van der Waals surface area (Å²) in [5, 5.41) is 0. The molecule has 5 nitrogen and oxygen atoms in total. The molecule has 0 aromatic heterocycles. The number of anilines is 1. The quantitative estimate of drug-likeness (QED) is 0.853. The topological polar surface area (TPSA) is 64.8 Å². The van der Waals surface area contributed by atoms with E-state index in [1.165, 1.54) is 0 Å². The van der Waals surface area contributed by atoms with Crippen LogP contribution in [0.4, 0.5) is 5.69 Å². The Bertz CT molecular complexity index is 470.